The molecular formula is C27H23N3O5. The lowest BCUT2D eigenvalue weighted by molar-refractivity contribution is 0.0882. The second kappa shape index (κ2) is 9.82. The molecule has 8 heteroatoms. The molecule has 35 heavy (non-hydrogen) atoms. The first kappa shape index (κ1) is 22.4. The second-order valence-corrected chi connectivity index (χ2v) is 8.02. The van der Waals surface area contributed by atoms with Crippen molar-refractivity contribution in [3.8, 4) is 28.5 Å². The van der Waals surface area contributed by atoms with Gasteiger partial charge in [0.2, 0.25) is 0 Å². The molecule has 3 aromatic carbocycles. The maximum absolute atomic E-state index is 12.9. The van der Waals surface area contributed by atoms with Crippen LogP contribution in [-0.2, 0) is 6.54 Å². The zero-order valence-corrected chi connectivity index (χ0v) is 19.0. The van der Waals surface area contributed by atoms with Crippen molar-refractivity contribution in [3.05, 3.63) is 101 Å². The molecule has 176 valence electrons. The van der Waals surface area contributed by atoms with E-state index in [0.29, 0.717) is 28.3 Å². The maximum Gasteiger partial charge on any atom is 0.296 e. The molecule has 0 bridgehead atoms. The molecule has 0 fully saturated rings. The summed E-state index contributed by atoms with van der Waals surface area (Å²) in [7, 11) is 0. The van der Waals surface area contributed by atoms with Gasteiger partial charge in [-0.25, -0.2) is 4.68 Å². The van der Waals surface area contributed by atoms with Crippen LogP contribution in [-0.4, -0.2) is 32.8 Å². The first-order valence-electron chi connectivity index (χ1n) is 11.1. The van der Waals surface area contributed by atoms with Crippen LogP contribution in [0.25, 0.3) is 22.2 Å². The summed E-state index contributed by atoms with van der Waals surface area (Å²) in [6.45, 7) is 1.66. The van der Waals surface area contributed by atoms with Crippen molar-refractivity contribution in [1.82, 2.24) is 14.9 Å². The first-order valence-corrected chi connectivity index (χ1v) is 11.1. The molecule has 2 aromatic heterocycles. The largest absolute Gasteiger partial charge is 0.491 e. The minimum atomic E-state index is -0.977. The van der Waals surface area contributed by atoms with E-state index in [1.54, 1.807) is 31.2 Å². The third-order valence-electron chi connectivity index (χ3n) is 5.43. The predicted octanol–water partition coefficient (Wildman–Crippen LogP) is 4.59. The average Bonchev–Trinajstić information content (AvgIpc) is 3.28. The van der Waals surface area contributed by atoms with Gasteiger partial charge in [0.15, 0.2) is 5.52 Å². The number of rotatable bonds is 8. The van der Waals surface area contributed by atoms with E-state index in [-0.39, 0.29) is 18.7 Å². The number of nitrogens with zero attached hydrogens (tertiary/aromatic N) is 3. The number of fused-ring (bicyclic) bond motifs is 1. The van der Waals surface area contributed by atoms with Crippen molar-refractivity contribution in [1.29, 1.82) is 0 Å². The van der Waals surface area contributed by atoms with E-state index in [9.17, 15) is 9.90 Å². The van der Waals surface area contributed by atoms with Crippen LogP contribution < -0.4 is 15.0 Å². The molecule has 1 N–H and O–H groups in total. The highest BCUT2D eigenvalue weighted by Crippen LogP contribution is 2.27. The Kier molecular flexibility index (Phi) is 6.28. The molecule has 0 spiro atoms. The Balaban J connectivity index is 1.29. The molecule has 0 amide bonds. The molecule has 0 aliphatic rings. The van der Waals surface area contributed by atoms with Gasteiger partial charge in [-0.1, -0.05) is 53.7 Å². The summed E-state index contributed by atoms with van der Waals surface area (Å²) in [6.07, 6.45) is -0.977. The Bertz CT molecular complexity index is 1480. The molecule has 1 unspecified atom stereocenters. The number of aliphatic hydroxyl groups excluding tert-OH is 1. The highest BCUT2D eigenvalue weighted by atomic mass is 16.5. The Morgan fingerprint density at radius 3 is 2.26 bits per heavy atom. The third kappa shape index (κ3) is 4.92. The van der Waals surface area contributed by atoms with Crippen molar-refractivity contribution in [2.24, 2.45) is 0 Å². The number of ether oxygens (including phenoxy) is 2. The summed E-state index contributed by atoms with van der Waals surface area (Å²) in [4.78, 5) is 12.9. The Morgan fingerprint density at radius 1 is 0.914 bits per heavy atom. The quantitative estimate of drug-likeness (QED) is 0.355. The van der Waals surface area contributed by atoms with Crippen LogP contribution in [0.3, 0.4) is 0 Å². The van der Waals surface area contributed by atoms with E-state index in [2.05, 4.69) is 10.3 Å². The molecule has 0 saturated carbocycles. The van der Waals surface area contributed by atoms with E-state index in [4.69, 9.17) is 14.0 Å². The highest BCUT2D eigenvalue weighted by Gasteiger charge is 2.20. The van der Waals surface area contributed by atoms with E-state index < -0.39 is 11.7 Å². The standard InChI is InChI=1S/C27H23N3O5/c1-18-24-25(19-8-4-2-5-9-19)28-30(27(32)26(24)29-35-18)16-20(31)17-33-21-12-14-23(15-13-21)34-22-10-6-3-7-11-22/h2-15,20,31H,16-17H2,1H3. The fourth-order valence-corrected chi connectivity index (χ4v) is 3.73. The first-order chi connectivity index (χ1) is 17.1. The van der Waals surface area contributed by atoms with Crippen molar-refractivity contribution in [2.45, 2.75) is 19.6 Å². The zero-order valence-electron chi connectivity index (χ0n) is 19.0. The van der Waals surface area contributed by atoms with Gasteiger partial charge in [-0.05, 0) is 43.3 Å². The minimum absolute atomic E-state index is 0.0242. The van der Waals surface area contributed by atoms with Crippen LogP contribution in [0, 0.1) is 6.92 Å². The lowest BCUT2D eigenvalue weighted by atomic mass is 10.1. The van der Waals surface area contributed by atoms with Crippen LogP contribution in [0.1, 0.15) is 5.76 Å². The summed E-state index contributed by atoms with van der Waals surface area (Å²) in [5.41, 5.74) is 1.14. The molecule has 5 rings (SSSR count). The number of aromatic nitrogens is 3. The Morgan fingerprint density at radius 2 is 1.54 bits per heavy atom. The third-order valence-corrected chi connectivity index (χ3v) is 5.43. The van der Waals surface area contributed by atoms with Gasteiger partial charge in [0.1, 0.15) is 41.4 Å². The number of hydrogen-bond donors (Lipinski definition) is 1. The highest BCUT2D eigenvalue weighted by molar-refractivity contribution is 5.92. The Labute approximate surface area is 201 Å². The van der Waals surface area contributed by atoms with Crippen LogP contribution in [0.15, 0.2) is 94.2 Å². The lowest BCUT2D eigenvalue weighted by Gasteiger charge is -2.15. The van der Waals surface area contributed by atoms with Crippen LogP contribution in [0.2, 0.25) is 0 Å². The van der Waals surface area contributed by atoms with Gasteiger partial charge < -0.3 is 19.1 Å². The molecule has 2 heterocycles. The smallest absolute Gasteiger partial charge is 0.296 e. The van der Waals surface area contributed by atoms with Gasteiger partial charge in [0.05, 0.1) is 11.9 Å². The van der Waals surface area contributed by atoms with Crippen LogP contribution in [0.5, 0.6) is 17.2 Å². The number of hydrogen-bond acceptors (Lipinski definition) is 7. The van der Waals surface area contributed by atoms with Crippen molar-refractivity contribution < 1.29 is 19.1 Å². The van der Waals surface area contributed by atoms with Crippen molar-refractivity contribution in [2.75, 3.05) is 6.61 Å². The summed E-state index contributed by atoms with van der Waals surface area (Å²) in [6, 6.07) is 26.0. The fourth-order valence-electron chi connectivity index (χ4n) is 3.73. The van der Waals surface area contributed by atoms with E-state index >= 15 is 0 Å². The minimum Gasteiger partial charge on any atom is -0.491 e. The molecule has 0 aliphatic heterocycles. The van der Waals surface area contributed by atoms with E-state index in [1.807, 2.05) is 60.7 Å². The summed E-state index contributed by atoms with van der Waals surface area (Å²) >= 11 is 0. The van der Waals surface area contributed by atoms with Crippen molar-refractivity contribution >= 4 is 10.9 Å². The SMILES string of the molecule is Cc1onc2c(=O)n(CC(O)COc3ccc(Oc4ccccc4)cc3)nc(-c3ccccc3)c12. The van der Waals surface area contributed by atoms with Gasteiger partial charge in [-0.3, -0.25) is 4.79 Å². The summed E-state index contributed by atoms with van der Waals surface area (Å²) in [5.74, 6) is 2.49. The van der Waals surface area contributed by atoms with Gasteiger partial charge in [0.25, 0.3) is 5.56 Å². The average molecular weight is 469 g/mol. The van der Waals surface area contributed by atoms with Crippen molar-refractivity contribution in [3.63, 3.8) is 0 Å². The second-order valence-electron chi connectivity index (χ2n) is 8.02. The van der Waals surface area contributed by atoms with Gasteiger partial charge in [0, 0.05) is 5.56 Å². The number of benzene rings is 3. The van der Waals surface area contributed by atoms with Crippen LogP contribution >= 0.6 is 0 Å². The zero-order chi connectivity index (χ0) is 24.2. The Hall–Kier alpha value is -4.43. The molecule has 1 atom stereocenters. The molecule has 8 nitrogen and oxygen atoms in total. The summed E-state index contributed by atoms with van der Waals surface area (Å²) < 4.78 is 18.0. The maximum atomic E-state index is 12.9. The van der Waals surface area contributed by atoms with E-state index in [0.717, 1.165) is 11.3 Å². The molecule has 0 aliphatic carbocycles. The monoisotopic (exact) mass is 469 g/mol. The number of aryl methyl sites for hydroxylation is 1. The van der Waals surface area contributed by atoms with Gasteiger partial charge >= 0.3 is 0 Å². The topological polar surface area (TPSA) is 99.6 Å². The predicted molar refractivity (Wildman–Crippen MR) is 131 cm³/mol. The number of para-hydroxylation sites is 1. The van der Waals surface area contributed by atoms with Gasteiger partial charge in [-0.2, -0.15) is 5.10 Å². The lowest BCUT2D eigenvalue weighted by Crippen LogP contribution is -2.32. The van der Waals surface area contributed by atoms with E-state index in [1.165, 1.54) is 4.68 Å². The molecular weight excluding hydrogens is 446 g/mol. The molecule has 0 saturated heterocycles. The normalized spacial score (nSPS) is 11.9. The van der Waals surface area contributed by atoms with Gasteiger partial charge in [-0.15, -0.1) is 0 Å². The molecule has 0 radical (unpaired) electrons. The fraction of sp³-hybridized carbons (Fsp3) is 0.148. The summed E-state index contributed by atoms with van der Waals surface area (Å²) in [5, 5.41) is 19.6. The van der Waals surface area contributed by atoms with Crippen LogP contribution in [0.4, 0.5) is 0 Å². The molecule has 5 aromatic rings. The number of aliphatic hydroxyl groups is 1.